The maximum Gasteiger partial charge on any atom is 0.309 e. The molecule has 1 fully saturated rings. The van der Waals surface area contributed by atoms with E-state index in [0.717, 1.165) is 25.9 Å². The zero-order valence-electron chi connectivity index (χ0n) is 9.84. The molecule has 0 unspecified atom stereocenters. The number of hydrogen-bond donors (Lipinski definition) is 1. The molecule has 15 heavy (non-hydrogen) atoms. The number of hydrogen-bond acceptors (Lipinski definition) is 4. The van der Waals surface area contributed by atoms with Crippen LogP contribution >= 0.6 is 0 Å². The SMILES string of the molecule is COCC(C)(C)OC(=O)C1CCNCC1. The predicted octanol–water partition coefficient (Wildman–Crippen LogP) is 0.954. The Bertz CT molecular complexity index is 210. The molecule has 4 nitrogen and oxygen atoms in total. The van der Waals surface area contributed by atoms with Gasteiger partial charge in [0.15, 0.2) is 0 Å². The highest BCUT2D eigenvalue weighted by Crippen LogP contribution is 2.18. The zero-order valence-corrected chi connectivity index (χ0v) is 9.84. The summed E-state index contributed by atoms with van der Waals surface area (Å²) in [6, 6.07) is 0. The lowest BCUT2D eigenvalue weighted by atomic mass is 9.98. The van der Waals surface area contributed by atoms with Crippen LogP contribution in [0.2, 0.25) is 0 Å². The van der Waals surface area contributed by atoms with Crippen molar-refractivity contribution in [2.24, 2.45) is 5.92 Å². The summed E-state index contributed by atoms with van der Waals surface area (Å²) in [6.45, 7) is 5.99. The van der Waals surface area contributed by atoms with Crippen molar-refractivity contribution in [3.8, 4) is 0 Å². The molecule has 1 saturated heterocycles. The second kappa shape index (κ2) is 5.47. The van der Waals surface area contributed by atoms with E-state index < -0.39 is 5.60 Å². The molecule has 0 atom stereocenters. The van der Waals surface area contributed by atoms with E-state index in [0.29, 0.717) is 6.61 Å². The molecule has 0 aromatic carbocycles. The number of carbonyl (C=O) groups excluding carboxylic acids is 1. The van der Waals surface area contributed by atoms with Gasteiger partial charge in [-0.2, -0.15) is 0 Å². The Morgan fingerprint density at radius 3 is 2.53 bits per heavy atom. The van der Waals surface area contributed by atoms with E-state index in [2.05, 4.69) is 5.32 Å². The fourth-order valence-corrected chi connectivity index (χ4v) is 1.79. The highest BCUT2D eigenvalue weighted by molar-refractivity contribution is 5.73. The minimum absolute atomic E-state index is 0.0578. The van der Waals surface area contributed by atoms with Gasteiger partial charge < -0.3 is 14.8 Å². The van der Waals surface area contributed by atoms with Crippen molar-refractivity contribution in [1.82, 2.24) is 5.32 Å². The van der Waals surface area contributed by atoms with Gasteiger partial charge in [0.25, 0.3) is 0 Å². The molecule has 0 bridgehead atoms. The Morgan fingerprint density at radius 1 is 1.40 bits per heavy atom. The van der Waals surface area contributed by atoms with Crippen molar-refractivity contribution in [2.45, 2.75) is 32.3 Å². The number of piperidine rings is 1. The summed E-state index contributed by atoms with van der Waals surface area (Å²) in [6.07, 6.45) is 1.75. The smallest absolute Gasteiger partial charge is 0.309 e. The Labute approximate surface area is 91.3 Å². The van der Waals surface area contributed by atoms with Gasteiger partial charge in [-0.1, -0.05) is 0 Å². The molecule has 4 heteroatoms. The number of carbonyl (C=O) groups is 1. The molecule has 1 rings (SSSR count). The molecule has 0 saturated carbocycles. The standard InChI is InChI=1S/C11H21NO3/c1-11(2,8-14-3)15-10(13)9-4-6-12-7-5-9/h9,12H,4-8H2,1-3H3. The van der Waals surface area contributed by atoms with E-state index in [1.807, 2.05) is 13.8 Å². The Kier molecular flexibility index (Phi) is 4.54. The summed E-state index contributed by atoms with van der Waals surface area (Å²) >= 11 is 0. The van der Waals surface area contributed by atoms with Crippen molar-refractivity contribution < 1.29 is 14.3 Å². The van der Waals surface area contributed by atoms with Gasteiger partial charge in [0.05, 0.1) is 12.5 Å². The minimum atomic E-state index is -0.517. The first kappa shape index (κ1) is 12.5. The fraction of sp³-hybridized carbons (Fsp3) is 0.909. The Balaban J connectivity index is 2.39. The second-order valence-corrected chi connectivity index (χ2v) is 4.64. The maximum absolute atomic E-state index is 11.8. The molecule has 0 aromatic heterocycles. The van der Waals surface area contributed by atoms with E-state index in [-0.39, 0.29) is 11.9 Å². The van der Waals surface area contributed by atoms with E-state index in [1.54, 1.807) is 7.11 Å². The lowest BCUT2D eigenvalue weighted by Gasteiger charge is -2.28. The van der Waals surface area contributed by atoms with Gasteiger partial charge in [-0.3, -0.25) is 4.79 Å². The van der Waals surface area contributed by atoms with Gasteiger partial charge in [0.2, 0.25) is 0 Å². The number of methoxy groups -OCH3 is 1. The average molecular weight is 215 g/mol. The number of nitrogens with one attached hydrogen (secondary N) is 1. The normalized spacial score (nSPS) is 18.9. The number of esters is 1. The fourth-order valence-electron chi connectivity index (χ4n) is 1.79. The van der Waals surface area contributed by atoms with Crippen molar-refractivity contribution in [3.05, 3.63) is 0 Å². The summed E-state index contributed by atoms with van der Waals surface area (Å²) in [7, 11) is 1.61. The van der Waals surface area contributed by atoms with Crippen molar-refractivity contribution in [3.63, 3.8) is 0 Å². The average Bonchev–Trinajstić information content (AvgIpc) is 2.18. The molecule has 0 aromatic rings. The number of ether oxygens (including phenoxy) is 2. The number of rotatable bonds is 4. The van der Waals surface area contributed by atoms with Gasteiger partial charge in [-0.05, 0) is 39.8 Å². The van der Waals surface area contributed by atoms with E-state index in [4.69, 9.17) is 9.47 Å². The quantitative estimate of drug-likeness (QED) is 0.709. The third-order valence-corrected chi connectivity index (χ3v) is 2.54. The first-order valence-corrected chi connectivity index (χ1v) is 5.48. The molecule has 1 aliphatic rings. The van der Waals surface area contributed by atoms with Crippen LogP contribution in [0.15, 0.2) is 0 Å². The van der Waals surface area contributed by atoms with Crippen LogP contribution in [0.1, 0.15) is 26.7 Å². The third kappa shape index (κ3) is 4.18. The lowest BCUT2D eigenvalue weighted by molar-refractivity contribution is -0.167. The maximum atomic E-state index is 11.8. The summed E-state index contributed by atoms with van der Waals surface area (Å²) in [5.41, 5.74) is -0.517. The molecule has 1 heterocycles. The van der Waals surface area contributed by atoms with Crippen LogP contribution in [0.25, 0.3) is 0 Å². The van der Waals surface area contributed by atoms with Crippen LogP contribution < -0.4 is 5.32 Å². The summed E-state index contributed by atoms with van der Waals surface area (Å²) < 4.78 is 10.4. The lowest BCUT2D eigenvalue weighted by Crippen LogP contribution is -2.39. The third-order valence-electron chi connectivity index (χ3n) is 2.54. The van der Waals surface area contributed by atoms with Crippen LogP contribution in [-0.4, -0.2) is 38.4 Å². The molecule has 1 N–H and O–H groups in total. The monoisotopic (exact) mass is 215 g/mol. The van der Waals surface area contributed by atoms with Crippen LogP contribution in [0.4, 0.5) is 0 Å². The summed E-state index contributed by atoms with van der Waals surface area (Å²) in [5, 5.41) is 3.23. The van der Waals surface area contributed by atoms with Gasteiger partial charge in [0, 0.05) is 7.11 Å². The molecule has 0 spiro atoms. The van der Waals surface area contributed by atoms with Gasteiger partial charge in [0.1, 0.15) is 5.60 Å². The van der Waals surface area contributed by atoms with Crippen LogP contribution in [0, 0.1) is 5.92 Å². The zero-order chi connectivity index (χ0) is 11.3. The molecule has 0 aliphatic carbocycles. The van der Waals surface area contributed by atoms with Crippen molar-refractivity contribution >= 4 is 5.97 Å². The first-order chi connectivity index (χ1) is 7.05. The highest BCUT2D eigenvalue weighted by atomic mass is 16.6. The summed E-state index contributed by atoms with van der Waals surface area (Å²) in [5.74, 6) is -0.0269. The van der Waals surface area contributed by atoms with Crippen LogP contribution in [-0.2, 0) is 14.3 Å². The van der Waals surface area contributed by atoms with E-state index in [9.17, 15) is 4.79 Å². The van der Waals surface area contributed by atoms with Gasteiger partial charge in [-0.15, -0.1) is 0 Å². The van der Waals surface area contributed by atoms with E-state index in [1.165, 1.54) is 0 Å². The Hall–Kier alpha value is -0.610. The van der Waals surface area contributed by atoms with E-state index >= 15 is 0 Å². The molecular weight excluding hydrogens is 194 g/mol. The second-order valence-electron chi connectivity index (χ2n) is 4.64. The molecule has 88 valence electrons. The molecule has 1 aliphatic heterocycles. The first-order valence-electron chi connectivity index (χ1n) is 5.48. The largest absolute Gasteiger partial charge is 0.457 e. The van der Waals surface area contributed by atoms with Crippen LogP contribution in [0.3, 0.4) is 0 Å². The van der Waals surface area contributed by atoms with Gasteiger partial charge >= 0.3 is 5.97 Å². The highest BCUT2D eigenvalue weighted by Gasteiger charge is 2.28. The van der Waals surface area contributed by atoms with Crippen LogP contribution in [0.5, 0.6) is 0 Å². The Morgan fingerprint density at radius 2 is 2.00 bits per heavy atom. The predicted molar refractivity (Wildman–Crippen MR) is 57.6 cm³/mol. The van der Waals surface area contributed by atoms with Gasteiger partial charge in [-0.25, -0.2) is 0 Å². The summed E-state index contributed by atoms with van der Waals surface area (Å²) in [4.78, 5) is 11.8. The molecular formula is C11H21NO3. The molecule has 0 amide bonds. The minimum Gasteiger partial charge on any atom is -0.457 e. The topological polar surface area (TPSA) is 47.6 Å². The van der Waals surface area contributed by atoms with Crippen molar-refractivity contribution in [2.75, 3.05) is 26.8 Å². The van der Waals surface area contributed by atoms with Crippen molar-refractivity contribution in [1.29, 1.82) is 0 Å². The molecule has 0 radical (unpaired) electrons.